The van der Waals surface area contributed by atoms with E-state index in [9.17, 15) is 14.4 Å². The third-order valence-corrected chi connectivity index (χ3v) is 9.36. The second kappa shape index (κ2) is 16.7. The number of carbonyl (C=O) groups is 3. The first-order valence-electron chi connectivity index (χ1n) is 15.9. The highest BCUT2D eigenvalue weighted by molar-refractivity contribution is 7.99. The number of nitrogens with zero attached hydrogens (tertiary/aromatic N) is 1. The van der Waals surface area contributed by atoms with Crippen molar-refractivity contribution in [3.05, 3.63) is 102 Å². The molecule has 4 atom stereocenters. The van der Waals surface area contributed by atoms with Gasteiger partial charge in [0.15, 0.2) is 0 Å². The van der Waals surface area contributed by atoms with Gasteiger partial charge in [-0.3, -0.25) is 9.59 Å². The molecule has 4 rings (SSSR count). The molecular formula is C37H47N3O5S. The summed E-state index contributed by atoms with van der Waals surface area (Å²) in [6.45, 7) is 8.33. The van der Waals surface area contributed by atoms with Crippen molar-refractivity contribution in [1.82, 2.24) is 15.5 Å². The van der Waals surface area contributed by atoms with E-state index in [0.29, 0.717) is 37.2 Å². The number of ether oxygens (including phenoxy) is 2. The van der Waals surface area contributed by atoms with E-state index in [0.717, 1.165) is 23.3 Å². The molecule has 8 nitrogen and oxygen atoms in total. The number of rotatable bonds is 14. The van der Waals surface area contributed by atoms with Gasteiger partial charge < -0.3 is 25.0 Å². The van der Waals surface area contributed by atoms with Gasteiger partial charge in [-0.25, -0.2) is 4.79 Å². The molecule has 1 fully saturated rings. The highest BCUT2D eigenvalue weighted by atomic mass is 32.2. The third-order valence-electron chi connectivity index (χ3n) is 7.93. The number of esters is 1. The Balaban J connectivity index is 1.53. The summed E-state index contributed by atoms with van der Waals surface area (Å²) in [4.78, 5) is 41.7. The fraction of sp³-hybridized carbons (Fsp3) is 0.432. The Bertz CT molecular complexity index is 1410. The van der Waals surface area contributed by atoms with Crippen LogP contribution in [0.4, 0.5) is 0 Å². The second-order valence-corrected chi connectivity index (χ2v) is 13.9. The first kappa shape index (κ1) is 35.0. The summed E-state index contributed by atoms with van der Waals surface area (Å²) < 4.78 is 11.0. The van der Waals surface area contributed by atoms with Crippen molar-refractivity contribution in [2.75, 3.05) is 20.2 Å². The van der Waals surface area contributed by atoms with E-state index in [1.165, 1.54) is 0 Å². The Labute approximate surface area is 277 Å². The number of benzene rings is 3. The predicted octanol–water partition coefficient (Wildman–Crippen LogP) is 5.65. The largest absolute Gasteiger partial charge is 0.497 e. The minimum Gasteiger partial charge on any atom is -0.497 e. The van der Waals surface area contributed by atoms with E-state index >= 15 is 0 Å². The number of likely N-dealkylation sites (tertiary alicyclic amines) is 1. The molecule has 9 heteroatoms. The lowest BCUT2D eigenvalue weighted by Gasteiger charge is -2.32. The molecule has 46 heavy (non-hydrogen) atoms. The summed E-state index contributed by atoms with van der Waals surface area (Å²) in [6.07, 6.45) is 1.97. The van der Waals surface area contributed by atoms with Crippen molar-refractivity contribution in [3.63, 3.8) is 0 Å². The van der Waals surface area contributed by atoms with Crippen molar-refractivity contribution in [3.8, 4) is 5.75 Å². The highest BCUT2D eigenvalue weighted by Crippen LogP contribution is 2.26. The van der Waals surface area contributed by atoms with Crippen LogP contribution in [0.15, 0.2) is 84.9 Å². The fourth-order valence-corrected chi connectivity index (χ4v) is 6.71. The molecule has 1 saturated heterocycles. The average Bonchev–Trinajstić information content (AvgIpc) is 3.55. The Morgan fingerprint density at radius 2 is 1.59 bits per heavy atom. The van der Waals surface area contributed by atoms with E-state index in [1.807, 2.05) is 100 Å². The van der Waals surface area contributed by atoms with Gasteiger partial charge in [-0.1, -0.05) is 60.7 Å². The van der Waals surface area contributed by atoms with Crippen LogP contribution in [0.25, 0.3) is 0 Å². The molecular weight excluding hydrogens is 598 g/mol. The van der Waals surface area contributed by atoms with Crippen LogP contribution in [0.3, 0.4) is 0 Å². The Kier molecular flexibility index (Phi) is 12.7. The maximum absolute atomic E-state index is 13.7. The number of hydrogen-bond acceptors (Lipinski definition) is 7. The van der Waals surface area contributed by atoms with Gasteiger partial charge in [-0.2, -0.15) is 11.8 Å². The summed E-state index contributed by atoms with van der Waals surface area (Å²) in [5.74, 6) is 0.879. The molecule has 3 aromatic carbocycles. The summed E-state index contributed by atoms with van der Waals surface area (Å²) in [7, 11) is 1.65. The topological polar surface area (TPSA) is 97.0 Å². The maximum atomic E-state index is 13.7. The molecule has 0 aliphatic carbocycles. The average molecular weight is 646 g/mol. The minimum atomic E-state index is -0.620. The standard InChI is InChI=1S/C37H47N3O5S/c1-26(35(42)40-22-12-17-32(40)36(43)45-37(2,3)4)38-24-33(46-25-28-18-20-30(44-5)21-19-28)31(23-27-13-8-6-9-14-27)39-34(41)29-15-10-7-11-16-29/h6-11,13-16,18-21,26,31-33,38H,12,17,22-25H2,1-5H3,(H,39,41)/t26-,31-,32-,33?/m0/s1. The summed E-state index contributed by atoms with van der Waals surface area (Å²) in [6, 6.07) is 26.0. The van der Waals surface area contributed by atoms with Crippen molar-refractivity contribution >= 4 is 29.5 Å². The maximum Gasteiger partial charge on any atom is 0.329 e. The predicted molar refractivity (Wildman–Crippen MR) is 184 cm³/mol. The van der Waals surface area contributed by atoms with Crippen LogP contribution in [0.5, 0.6) is 5.75 Å². The monoisotopic (exact) mass is 645 g/mol. The number of carbonyl (C=O) groups excluding carboxylic acids is 3. The zero-order valence-corrected chi connectivity index (χ0v) is 28.3. The van der Waals surface area contributed by atoms with Gasteiger partial charge in [0.05, 0.1) is 13.2 Å². The Morgan fingerprint density at radius 1 is 0.935 bits per heavy atom. The molecule has 0 saturated carbocycles. The lowest BCUT2D eigenvalue weighted by molar-refractivity contribution is -0.163. The molecule has 1 heterocycles. The van der Waals surface area contributed by atoms with Crippen molar-refractivity contribution in [1.29, 1.82) is 0 Å². The summed E-state index contributed by atoms with van der Waals surface area (Å²) >= 11 is 1.73. The molecule has 0 spiro atoms. The molecule has 0 aromatic heterocycles. The normalized spacial score (nSPS) is 16.7. The van der Waals surface area contributed by atoms with Crippen molar-refractivity contribution in [2.24, 2.45) is 0 Å². The van der Waals surface area contributed by atoms with Crippen LogP contribution in [-0.2, 0) is 26.5 Å². The van der Waals surface area contributed by atoms with Crippen LogP contribution < -0.4 is 15.4 Å². The number of hydrogen-bond donors (Lipinski definition) is 2. The van der Waals surface area contributed by atoms with E-state index in [-0.39, 0.29) is 29.1 Å². The zero-order valence-electron chi connectivity index (χ0n) is 27.5. The Hall–Kier alpha value is -3.82. The van der Waals surface area contributed by atoms with E-state index in [4.69, 9.17) is 9.47 Å². The molecule has 0 bridgehead atoms. The quantitative estimate of drug-likeness (QED) is 0.219. The van der Waals surface area contributed by atoms with Crippen LogP contribution in [0.1, 0.15) is 62.0 Å². The van der Waals surface area contributed by atoms with Gasteiger partial charge in [0, 0.05) is 35.7 Å². The third kappa shape index (κ3) is 10.4. The van der Waals surface area contributed by atoms with Crippen LogP contribution in [-0.4, -0.2) is 71.9 Å². The molecule has 0 radical (unpaired) electrons. The molecule has 2 amide bonds. The SMILES string of the molecule is COc1ccc(CSC(CN[C@@H](C)C(=O)N2CCC[C@H]2C(=O)OC(C)(C)C)[C@H](Cc2ccccc2)NC(=O)c2ccccc2)cc1. The molecule has 1 aliphatic heterocycles. The number of amides is 2. The highest BCUT2D eigenvalue weighted by Gasteiger charge is 2.38. The first-order chi connectivity index (χ1) is 22.0. The Morgan fingerprint density at radius 3 is 2.22 bits per heavy atom. The van der Waals surface area contributed by atoms with Crippen LogP contribution in [0, 0.1) is 0 Å². The van der Waals surface area contributed by atoms with Gasteiger partial charge in [0.1, 0.15) is 17.4 Å². The zero-order chi connectivity index (χ0) is 33.1. The molecule has 3 aromatic rings. The van der Waals surface area contributed by atoms with Gasteiger partial charge >= 0.3 is 5.97 Å². The van der Waals surface area contributed by atoms with Crippen LogP contribution in [0.2, 0.25) is 0 Å². The van der Waals surface area contributed by atoms with Gasteiger partial charge in [0.2, 0.25) is 5.91 Å². The van der Waals surface area contributed by atoms with E-state index in [1.54, 1.807) is 23.8 Å². The fourth-order valence-electron chi connectivity index (χ4n) is 5.50. The van der Waals surface area contributed by atoms with Gasteiger partial charge in [-0.05, 0) is 82.3 Å². The summed E-state index contributed by atoms with van der Waals surface area (Å²) in [5, 5.41) is 6.69. The van der Waals surface area contributed by atoms with Gasteiger partial charge in [0.25, 0.3) is 5.91 Å². The van der Waals surface area contributed by atoms with E-state index in [2.05, 4.69) is 22.8 Å². The van der Waals surface area contributed by atoms with Gasteiger partial charge in [-0.15, -0.1) is 0 Å². The number of thioether (sulfide) groups is 1. The van der Waals surface area contributed by atoms with E-state index < -0.39 is 17.7 Å². The smallest absolute Gasteiger partial charge is 0.329 e. The molecule has 1 aliphatic rings. The lowest BCUT2D eigenvalue weighted by atomic mass is 10.0. The summed E-state index contributed by atoms with van der Waals surface area (Å²) in [5.41, 5.74) is 2.21. The van der Waals surface area contributed by atoms with Crippen LogP contribution >= 0.6 is 11.8 Å². The van der Waals surface area contributed by atoms with Crippen molar-refractivity contribution < 1.29 is 23.9 Å². The van der Waals surface area contributed by atoms with Crippen molar-refractivity contribution in [2.45, 2.75) is 81.7 Å². The lowest BCUT2D eigenvalue weighted by Crippen LogP contribution is -2.53. The second-order valence-electron chi connectivity index (χ2n) is 12.7. The minimum absolute atomic E-state index is 0.0922. The number of nitrogens with one attached hydrogen (secondary N) is 2. The molecule has 246 valence electrons. The molecule has 1 unspecified atom stereocenters. The first-order valence-corrected chi connectivity index (χ1v) is 17.0. The number of methoxy groups -OCH3 is 1. The molecule has 2 N–H and O–H groups in total.